The fourth-order valence-electron chi connectivity index (χ4n) is 1.15. The molecule has 4 nitrogen and oxygen atoms in total. The molecule has 0 spiro atoms. The molecule has 0 amide bonds. The zero-order chi connectivity index (χ0) is 11.4. The van der Waals surface area contributed by atoms with Crippen LogP contribution in [0.1, 0.15) is 5.56 Å². The number of carbonyl (C=O) groups is 1. The van der Waals surface area contributed by atoms with Crippen LogP contribution in [0, 0.1) is 0 Å². The fraction of sp³-hybridized carbons (Fsp3) is 0.300. The van der Waals surface area contributed by atoms with Crippen molar-refractivity contribution in [1.82, 2.24) is 0 Å². The molecule has 1 rings (SSSR count). The van der Waals surface area contributed by atoms with Gasteiger partial charge in [0.05, 0.1) is 7.11 Å². The first-order chi connectivity index (χ1) is 7.04. The minimum atomic E-state index is -1.25. The summed E-state index contributed by atoms with van der Waals surface area (Å²) in [6.07, 6.45) is -1.23. The Labute approximate surface area is 95.6 Å². The van der Waals surface area contributed by atoms with E-state index >= 15 is 0 Å². The second kappa shape index (κ2) is 5.14. The second-order valence-electron chi connectivity index (χ2n) is 3.02. The molecule has 82 valence electrons. The van der Waals surface area contributed by atoms with Crippen LogP contribution >= 0.6 is 15.9 Å². The van der Waals surface area contributed by atoms with Crippen molar-refractivity contribution in [2.24, 2.45) is 0 Å². The third-order valence-corrected chi connectivity index (χ3v) is 2.42. The third kappa shape index (κ3) is 3.21. The van der Waals surface area contributed by atoms with E-state index in [1.807, 2.05) is 0 Å². The second-order valence-corrected chi connectivity index (χ2v) is 3.93. The monoisotopic (exact) mass is 274 g/mol. The van der Waals surface area contributed by atoms with Crippen molar-refractivity contribution in [1.29, 1.82) is 0 Å². The Hall–Kier alpha value is -1.07. The van der Waals surface area contributed by atoms with Gasteiger partial charge in [0, 0.05) is 10.9 Å². The summed E-state index contributed by atoms with van der Waals surface area (Å²) in [4.78, 5) is 10.9. The van der Waals surface area contributed by atoms with Gasteiger partial charge in [-0.3, -0.25) is 0 Å². The van der Waals surface area contributed by atoms with Crippen LogP contribution in [0.5, 0.6) is 5.75 Å². The van der Waals surface area contributed by atoms with Gasteiger partial charge >= 0.3 is 5.97 Å². The summed E-state index contributed by atoms with van der Waals surface area (Å²) in [7, 11) is 1.20. The Kier molecular flexibility index (Phi) is 4.11. The molecule has 0 saturated carbocycles. The van der Waals surface area contributed by atoms with Crippen molar-refractivity contribution in [2.75, 3.05) is 7.11 Å². The lowest BCUT2D eigenvalue weighted by molar-refractivity contribution is -0.150. The number of phenolic OH excluding ortho intramolecular Hbond substituents is 1. The topological polar surface area (TPSA) is 66.8 Å². The largest absolute Gasteiger partial charge is 0.508 e. The van der Waals surface area contributed by atoms with Crippen molar-refractivity contribution >= 4 is 21.9 Å². The number of hydrogen-bond donors (Lipinski definition) is 2. The highest BCUT2D eigenvalue weighted by Crippen LogP contribution is 2.23. The van der Waals surface area contributed by atoms with Gasteiger partial charge in [-0.15, -0.1) is 0 Å². The lowest BCUT2D eigenvalue weighted by Gasteiger charge is -2.09. The first-order valence-corrected chi connectivity index (χ1v) is 5.07. The molecule has 0 aromatic heterocycles. The summed E-state index contributed by atoms with van der Waals surface area (Å²) >= 11 is 3.23. The Morgan fingerprint density at radius 2 is 2.27 bits per heavy atom. The van der Waals surface area contributed by atoms with Crippen molar-refractivity contribution < 1.29 is 19.7 Å². The number of ether oxygens (including phenoxy) is 1. The van der Waals surface area contributed by atoms with Gasteiger partial charge in [0.25, 0.3) is 0 Å². The highest BCUT2D eigenvalue weighted by molar-refractivity contribution is 9.10. The van der Waals surface area contributed by atoms with Gasteiger partial charge in [-0.25, -0.2) is 4.79 Å². The van der Waals surface area contributed by atoms with Crippen molar-refractivity contribution in [3.63, 3.8) is 0 Å². The van der Waals surface area contributed by atoms with E-state index in [1.54, 1.807) is 12.1 Å². The molecule has 0 aliphatic rings. The standard InChI is InChI=1S/C10H11BrO4/c1-15-10(14)9(13)5-6-4-7(11)2-3-8(6)12/h2-4,9,12-13H,5H2,1H3. The van der Waals surface area contributed by atoms with Crippen molar-refractivity contribution in [3.8, 4) is 5.75 Å². The normalized spacial score (nSPS) is 12.2. The van der Waals surface area contributed by atoms with E-state index in [0.717, 1.165) is 4.47 Å². The van der Waals surface area contributed by atoms with E-state index in [-0.39, 0.29) is 12.2 Å². The number of aromatic hydroxyl groups is 1. The minimum Gasteiger partial charge on any atom is -0.508 e. The van der Waals surface area contributed by atoms with Crippen molar-refractivity contribution in [3.05, 3.63) is 28.2 Å². The number of carbonyl (C=O) groups excluding carboxylic acids is 1. The van der Waals surface area contributed by atoms with E-state index in [1.165, 1.54) is 13.2 Å². The van der Waals surface area contributed by atoms with E-state index < -0.39 is 12.1 Å². The number of rotatable bonds is 3. The van der Waals surface area contributed by atoms with E-state index in [2.05, 4.69) is 20.7 Å². The van der Waals surface area contributed by atoms with E-state index in [4.69, 9.17) is 0 Å². The summed E-state index contributed by atoms with van der Waals surface area (Å²) in [5, 5.41) is 18.8. The van der Waals surface area contributed by atoms with Crippen LogP contribution in [0.2, 0.25) is 0 Å². The smallest absolute Gasteiger partial charge is 0.335 e. The molecule has 1 aromatic carbocycles. The molecule has 0 bridgehead atoms. The quantitative estimate of drug-likeness (QED) is 0.814. The SMILES string of the molecule is COC(=O)C(O)Cc1cc(Br)ccc1O. The predicted molar refractivity (Wildman–Crippen MR) is 57.5 cm³/mol. The zero-order valence-corrected chi connectivity index (χ0v) is 9.69. The third-order valence-electron chi connectivity index (χ3n) is 1.93. The number of esters is 1. The zero-order valence-electron chi connectivity index (χ0n) is 8.11. The molecule has 1 atom stereocenters. The Bertz CT molecular complexity index is 364. The Balaban J connectivity index is 2.80. The van der Waals surface area contributed by atoms with Crippen LogP contribution in [-0.4, -0.2) is 29.4 Å². The first kappa shape index (κ1) is 12.0. The maximum atomic E-state index is 10.9. The molecule has 15 heavy (non-hydrogen) atoms. The van der Waals surface area contributed by atoms with Crippen LogP contribution in [0.25, 0.3) is 0 Å². The molecule has 2 N–H and O–H groups in total. The molecule has 0 heterocycles. The van der Waals surface area contributed by atoms with Gasteiger partial charge < -0.3 is 14.9 Å². The summed E-state index contributed by atoms with van der Waals surface area (Å²) in [5.41, 5.74) is 0.488. The number of benzene rings is 1. The molecule has 5 heteroatoms. The average molecular weight is 275 g/mol. The van der Waals surface area contributed by atoms with E-state index in [0.29, 0.717) is 5.56 Å². The molecule has 1 unspecified atom stereocenters. The van der Waals surface area contributed by atoms with Crippen LogP contribution in [-0.2, 0) is 16.0 Å². The molecular weight excluding hydrogens is 264 g/mol. The molecule has 0 radical (unpaired) electrons. The fourth-order valence-corrected chi connectivity index (χ4v) is 1.55. The summed E-state index contributed by atoms with van der Waals surface area (Å²) in [6, 6.07) is 4.80. The Morgan fingerprint density at radius 3 is 2.87 bits per heavy atom. The van der Waals surface area contributed by atoms with Gasteiger partial charge in [-0.2, -0.15) is 0 Å². The molecule has 0 aliphatic heterocycles. The minimum absolute atomic E-state index is 0.0257. The highest BCUT2D eigenvalue weighted by Gasteiger charge is 2.17. The number of phenols is 1. The lowest BCUT2D eigenvalue weighted by atomic mass is 10.1. The van der Waals surface area contributed by atoms with Crippen LogP contribution in [0.15, 0.2) is 22.7 Å². The number of aliphatic hydroxyl groups is 1. The van der Waals surface area contributed by atoms with Gasteiger partial charge in [0.2, 0.25) is 0 Å². The van der Waals surface area contributed by atoms with Gasteiger partial charge in [-0.1, -0.05) is 15.9 Å². The number of aliphatic hydroxyl groups excluding tert-OH is 1. The molecule has 1 aromatic rings. The molecule has 0 fully saturated rings. The maximum absolute atomic E-state index is 10.9. The number of halogens is 1. The average Bonchev–Trinajstić information content (AvgIpc) is 2.22. The van der Waals surface area contributed by atoms with Crippen molar-refractivity contribution in [2.45, 2.75) is 12.5 Å². The number of methoxy groups -OCH3 is 1. The maximum Gasteiger partial charge on any atom is 0.335 e. The molecular formula is C10H11BrO4. The summed E-state index contributed by atoms with van der Waals surface area (Å²) in [5.74, 6) is -0.671. The van der Waals surface area contributed by atoms with Crippen LogP contribution in [0.4, 0.5) is 0 Å². The van der Waals surface area contributed by atoms with Crippen LogP contribution in [0.3, 0.4) is 0 Å². The predicted octanol–water partition coefficient (Wildman–Crippen LogP) is 1.23. The first-order valence-electron chi connectivity index (χ1n) is 4.28. The molecule has 0 saturated heterocycles. The van der Waals surface area contributed by atoms with Crippen LogP contribution < -0.4 is 0 Å². The summed E-state index contributed by atoms with van der Waals surface area (Å²) < 4.78 is 5.14. The Morgan fingerprint density at radius 1 is 1.60 bits per heavy atom. The lowest BCUT2D eigenvalue weighted by Crippen LogP contribution is -2.24. The highest BCUT2D eigenvalue weighted by atomic mass is 79.9. The van der Waals surface area contributed by atoms with Gasteiger partial charge in [0.1, 0.15) is 5.75 Å². The van der Waals surface area contributed by atoms with Gasteiger partial charge in [-0.05, 0) is 23.8 Å². The summed E-state index contributed by atoms with van der Waals surface area (Å²) in [6.45, 7) is 0. The van der Waals surface area contributed by atoms with E-state index in [9.17, 15) is 15.0 Å². The van der Waals surface area contributed by atoms with Gasteiger partial charge in [0.15, 0.2) is 6.10 Å². The number of hydrogen-bond acceptors (Lipinski definition) is 4. The molecule has 0 aliphatic carbocycles.